The van der Waals surface area contributed by atoms with Crippen molar-refractivity contribution in [1.82, 2.24) is 0 Å². The number of para-hydroxylation sites is 6. The van der Waals surface area contributed by atoms with Gasteiger partial charge in [-0.15, -0.1) is 0 Å². The molecule has 0 unspecified atom stereocenters. The second kappa shape index (κ2) is 20.8. The SMILES string of the molecule is [C-]#[N+]c1c(C=Cc2ccc3c(c2)Sc2ccccc2N3c2ccccc2)c(C#N)c(C=Cc2ccc3c(c2)Sc2ccccc2N3c2ccccc2)c(C#N)c1C=Cc1ccc2c(c1)Sc1ccccc1N2c1ccccc1. The molecule has 10 aromatic rings. The van der Waals surface area contributed by atoms with Crippen LogP contribution in [-0.4, -0.2) is 0 Å². The molecule has 366 valence electrons. The average molecular weight is 1050 g/mol. The van der Waals surface area contributed by atoms with E-state index in [0.717, 1.165) is 97.2 Å². The zero-order valence-corrected chi connectivity index (χ0v) is 44.1. The van der Waals surface area contributed by atoms with Crippen LogP contribution in [0.3, 0.4) is 0 Å². The van der Waals surface area contributed by atoms with E-state index < -0.39 is 0 Å². The predicted molar refractivity (Wildman–Crippen MR) is 325 cm³/mol. The van der Waals surface area contributed by atoms with Crippen LogP contribution in [0.1, 0.15) is 44.5 Å². The van der Waals surface area contributed by atoms with Gasteiger partial charge in [-0.1, -0.05) is 181 Å². The first-order chi connectivity index (χ1) is 38.5. The van der Waals surface area contributed by atoms with Gasteiger partial charge in [-0.05, 0) is 137 Å². The Morgan fingerprint density at radius 2 is 0.628 bits per heavy atom. The molecular weight excluding hydrogens is 1010 g/mol. The summed E-state index contributed by atoms with van der Waals surface area (Å²) < 4.78 is 0. The largest absolute Gasteiger partial charge is 0.308 e. The summed E-state index contributed by atoms with van der Waals surface area (Å²) in [5.41, 5.74) is 14.5. The van der Waals surface area contributed by atoms with Crippen molar-refractivity contribution in [2.24, 2.45) is 0 Å². The van der Waals surface area contributed by atoms with Crippen molar-refractivity contribution in [2.75, 3.05) is 14.7 Å². The summed E-state index contributed by atoms with van der Waals surface area (Å²) in [6.07, 6.45) is 11.5. The van der Waals surface area contributed by atoms with Crippen LogP contribution in [0.5, 0.6) is 0 Å². The number of anilines is 9. The van der Waals surface area contributed by atoms with Gasteiger partial charge < -0.3 is 14.7 Å². The molecule has 0 radical (unpaired) electrons. The molecule has 0 aromatic heterocycles. The summed E-state index contributed by atoms with van der Waals surface area (Å²) in [4.78, 5) is 17.7. The van der Waals surface area contributed by atoms with Crippen LogP contribution in [0.2, 0.25) is 0 Å². The van der Waals surface area contributed by atoms with Gasteiger partial charge in [0, 0.05) is 52.0 Å². The first kappa shape index (κ1) is 48.0. The maximum absolute atomic E-state index is 11.2. The normalized spacial score (nSPS) is 13.0. The van der Waals surface area contributed by atoms with Gasteiger partial charge in [-0.2, -0.15) is 10.5 Å². The second-order valence-electron chi connectivity index (χ2n) is 18.6. The van der Waals surface area contributed by atoms with Crippen LogP contribution in [0, 0.1) is 29.2 Å². The Hall–Kier alpha value is -9.66. The molecular formula is C69H42N6S3. The fourth-order valence-corrected chi connectivity index (χ4v) is 13.7. The van der Waals surface area contributed by atoms with Gasteiger partial charge in [0.05, 0.1) is 64.0 Å². The number of rotatable bonds is 9. The molecule has 0 atom stereocenters. The third-order valence-electron chi connectivity index (χ3n) is 13.9. The molecule has 10 aromatic carbocycles. The van der Waals surface area contributed by atoms with Crippen molar-refractivity contribution >= 4 is 129 Å². The third kappa shape index (κ3) is 8.81. The van der Waals surface area contributed by atoms with E-state index in [1.54, 1.807) is 35.3 Å². The topological polar surface area (TPSA) is 61.7 Å². The van der Waals surface area contributed by atoms with Crippen LogP contribution in [0.25, 0.3) is 41.3 Å². The Morgan fingerprint density at radius 3 is 0.949 bits per heavy atom. The Kier molecular flexibility index (Phi) is 12.8. The Bertz CT molecular complexity index is 3790. The standard InChI is InChI=1S/C69H42N6S3/c1-72-69-53(36-30-47-33-39-61-67(42-47)77-64-27-15-12-24-58(64)74(61)50-19-7-3-8-20-50)55(44-70)52(35-29-46-32-38-60-66(41-46)76-63-26-14-11-23-57(63)73(60)49-17-5-2-6-18-49)56(45-71)54(69)37-31-48-34-40-62-68(43-48)78-65-28-16-13-25-59(65)75(62)51-21-9-4-10-22-51/h2-43H. The average Bonchev–Trinajstić information content (AvgIpc) is 3.58. The van der Waals surface area contributed by atoms with Gasteiger partial charge in [0.1, 0.15) is 0 Å². The number of benzene rings is 10. The molecule has 0 aliphatic carbocycles. The minimum atomic E-state index is 0.227. The second-order valence-corrected chi connectivity index (χ2v) is 21.8. The molecule has 0 saturated heterocycles. The van der Waals surface area contributed by atoms with Gasteiger partial charge in [0.15, 0.2) is 0 Å². The van der Waals surface area contributed by atoms with Crippen molar-refractivity contribution in [3.63, 3.8) is 0 Å². The van der Waals surface area contributed by atoms with Crippen LogP contribution < -0.4 is 14.7 Å². The minimum absolute atomic E-state index is 0.227. The highest BCUT2D eigenvalue weighted by Crippen LogP contribution is 2.55. The highest BCUT2D eigenvalue weighted by atomic mass is 32.2. The number of fused-ring (bicyclic) bond motifs is 6. The Labute approximate surface area is 466 Å². The van der Waals surface area contributed by atoms with Crippen molar-refractivity contribution in [2.45, 2.75) is 29.4 Å². The van der Waals surface area contributed by atoms with E-state index in [4.69, 9.17) is 6.57 Å². The Balaban J connectivity index is 0.923. The first-order valence-corrected chi connectivity index (χ1v) is 27.7. The lowest BCUT2D eigenvalue weighted by molar-refractivity contribution is 1.16. The van der Waals surface area contributed by atoms with Gasteiger partial charge >= 0.3 is 0 Å². The van der Waals surface area contributed by atoms with E-state index in [2.05, 4.69) is 232 Å². The highest BCUT2D eigenvalue weighted by Gasteiger charge is 2.28. The quantitative estimate of drug-likeness (QED) is 0.105. The highest BCUT2D eigenvalue weighted by molar-refractivity contribution is 8.00. The lowest BCUT2D eigenvalue weighted by Crippen LogP contribution is -2.14. The third-order valence-corrected chi connectivity index (χ3v) is 17.3. The maximum atomic E-state index is 11.2. The number of hydrogen-bond donors (Lipinski definition) is 0. The number of hydrogen-bond acceptors (Lipinski definition) is 8. The summed E-state index contributed by atoms with van der Waals surface area (Å²) >= 11 is 5.16. The molecule has 0 bridgehead atoms. The van der Waals surface area contributed by atoms with E-state index >= 15 is 0 Å². The molecule has 0 saturated carbocycles. The van der Waals surface area contributed by atoms with E-state index in [1.807, 2.05) is 54.7 Å². The van der Waals surface area contributed by atoms with Crippen molar-refractivity contribution < 1.29 is 0 Å². The minimum Gasteiger partial charge on any atom is -0.308 e. The Morgan fingerprint density at radius 1 is 0.333 bits per heavy atom. The van der Waals surface area contributed by atoms with Crippen molar-refractivity contribution in [3.8, 4) is 12.1 Å². The molecule has 3 heterocycles. The van der Waals surface area contributed by atoms with Gasteiger partial charge in [0.2, 0.25) is 5.69 Å². The lowest BCUT2D eigenvalue weighted by atomic mass is 9.88. The van der Waals surface area contributed by atoms with Crippen LogP contribution >= 0.6 is 35.3 Å². The first-order valence-electron chi connectivity index (χ1n) is 25.3. The smallest absolute Gasteiger partial charge is 0.204 e. The van der Waals surface area contributed by atoms with Gasteiger partial charge in [-0.3, -0.25) is 0 Å². The van der Waals surface area contributed by atoms with E-state index in [0.29, 0.717) is 16.7 Å². The predicted octanol–water partition coefficient (Wildman–Crippen LogP) is 20.3. The summed E-state index contributed by atoms with van der Waals surface area (Å²) in [5, 5.41) is 22.4. The van der Waals surface area contributed by atoms with Gasteiger partial charge in [0.25, 0.3) is 0 Å². The van der Waals surface area contributed by atoms with Crippen LogP contribution in [-0.2, 0) is 0 Å². The molecule has 3 aliphatic rings. The lowest BCUT2D eigenvalue weighted by Gasteiger charge is -2.33. The van der Waals surface area contributed by atoms with E-state index in [-0.39, 0.29) is 16.8 Å². The van der Waals surface area contributed by atoms with Crippen LogP contribution in [0.4, 0.5) is 56.9 Å². The zero-order valence-electron chi connectivity index (χ0n) is 41.7. The number of nitriles is 2. The zero-order chi connectivity index (χ0) is 52.5. The number of nitrogens with zero attached hydrogens (tertiary/aromatic N) is 6. The maximum Gasteiger partial charge on any atom is 0.204 e. The summed E-state index contributed by atoms with van der Waals surface area (Å²) in [6.45, 7) is 8.75. The van der Waals surface area contributed by atoms with Gasteiger partial charge in [-0.25, -0.2) is 4.85 Å². The van der Waals surface area contributed by atoms with Crippen LogP contribution in [0.15, 0.2) is 248 Å². The summed E-state index contributed by atoms with van der Waals surface area (Å²) in [7, 11) is 0. The van der Waals surface area contributed by atoms with E-state index in [9.17, 15) is 10.5 Å². The molecule has 9 heteroatoms. The van der Waals surface area contributed by atoms with Crippen molar-refractivity contribution in [1.29, 1.82) is 10.5 Å². The monoisotopic (exact) mass is 1050 g/mol. The molecule has 6 nitrogen and oxygen atoms in total. The molecule has 3 aliphatic heterocycles. The molecule has 0 N–H and O–H groups in total. The molecule has 78 heavy (non-hydrogen) atoms. The molecule has 0 spiro atoms. The van der Waals surface area contributed by atoms with E-state index in [1.165, 1.54) is 0 Å². The fourth-order valence-electron chi connectivity index (χ4n) is 10.4. The summed E-state index contributed by atoms with van der Waals surface area (Å²) in [5.74, 6) is 0. The molecule has 13 rings (SSSR count). The molecule has 0 fully saturated rings. The summed E-state index contributed by atoms with van der Waals surface area (Å²) in [6, 6.07) is 80.4. The fraction of sp³-hybridized carbons (Fsp3) is 0. The van der Waals surface area contributed by atoms with Crippen molar-refractivity contribution in [3.05, 3.63) is 274 Å². The molecule has 0 amide bonds.